The van der Waals surface area contributed by atoms with Gasteiger partial charge < -0.3 is 15.0 Å². The number of para-hydroxylation sites is 1. The summed E-state index contributed by atoms with van der Waals surface area (Å²) in [4.78, 5) is 24.2. The number of rotatable bonds is 5. The van der Waals surface area contributed by atoms with Crippen molar-refractivity contribution in [2.24, 2.45) is 13.0 Å². The molecule has 3 rings (SSSR count). The fourth-order valence-electron chi connectivity index (χ4n) is 3.99. The summed E-state index contributed by atoms with van der Waals surface area (Å²) in [6, 6.07) is 7.53. The summed E-state index contributed by atoms with van der Waals surface area (Å²) >= 11 is 0. The number of aryl methyl sites for hydroxylation is 1. The predicted octanol–water partition coefficient (Wildman–Crippen LogP) is 2.94. The highest BCUT2D eigenvalue weighted by molar-refractivity contribution is 5.98. The van der Waals surface area contributed by atoms with E-state index in [1.807, 2.05) is 25.1 Å². The lowest BCUT2D eigenvalue weighted by Gasteiger charge is -2.30. The smallest absolute Gasteiger partial charge is 0.352 e. The highest BCUT2D eigenvalue weighted by Crippen LogP contribution is 2.37. The Hall–Kier alpha value is -2.14. The van der Waals surface area contributed by atoms with Crippen molar-refractivity contribution in [3.63, 3.8) is 0 Å². The van der Waals surface area contributed by atoms with Gasteiger partial charge in [0.1, 0.15) is 11.5 Å². The van der Waals surface area contributed by atoms with E-state index in [1.54, 1.807) is 17.7 Å². The van der Waals surface area contributed by atoms with Gasteiger partial charge in [0, 0.05) is 24.8 Å². The Kier molecular flexibility index (Phi) is 4.71. The molecule has 5 heteroatoms. The number of nitrogens with one attached hydrogen (secondary N) is 1. The lowest BCUT2D eigenvalue weighted by Crippen LogP contribution is -2.33. The van der Waals surface area contributed by atoms with E-state index in [0.29, 0.717) is 12.3 Å². The molecule has 1 atom stereocenters. The lowest BCUT2D eigenvalue weighted by atomic mass is 9.77. The van der Waals surface area contributed by atoms with Gasteiger partial charge in [0.05, 0.1) is 5.52 Å². The third kappa shape index (κ3) is 2.84. The van der Waals surface area contributed by atoms with E-state index in [1.165, 1.54) is 0 Å². The number of carbonyl (C=O) groups is 2. The van der Waals surface area contributed by atoms with Crippen LogP contribution in [0.3, 0.4) is 0 Å². The number of piperidine rings is 1. The number of carbonyl (C=O) groups excluding carboxylic acids is 1. The van der Waals surface area contributed by atoms with Crippen molar-refractivity contribution in [1.82, 2.24) is 9.88 Å². The molecule has 1 fully saturated rings. The predicted molar refractivity (Wildman–Crippen MR) is 93.5 cm³/mol. The van der Waals surface area contributed by atoms with E-state index in [2.05, 4.69) is 5.32 Å². The second-order valence-corrected chi connectivity index (χ2v) is 6.56. The average Bonchev–Trinajstić information content (AvgIpc) is 2.94. The summed E-state index contributed by atoms with van der Waals surface area (Å²) < 4.78 is 1.71. The van der Waals surface area contributed by atoms with Crippen LogP contribution in [-0.4, -0.2) is 34.5 Å². The highest BCUT2D eigenvalue weighted by atomic mass is 16.4. The summed E-state index contributed by atoms with van der Waals surface area (Å²) in [6.07, 6.45) is 2.45. The van der Waals surface area contributed by atoms with Gasteiger partial charge in [0.25, 0.3) is 0 Å². The zero-order valence-electron chi connectivity index (χ0n) is 14.2. The first-order valence-electron chi connectivity index (χ1n) is 8.59. The molecule has 0 aliphatic carbocycles. The van der Waals surface area contributed by atoms with Gasteiger partial charge in [0.15, 0.2) is 0 Å². The number of fused-ring (bicyclic) bond motifs is 1. The Morgan fingerprint density at radius 3 is 2.67 bits per heavy atom. The molecule has 1 aromatic carbocycles. The molecule has 1 unspecified atom stereocenters. The summed E-state index contributed by atoms with van der Waals surface area (Å²) in [5, 5.41) is 13.6. The van der Waals surface area contributed by atoms with Crippen LogP contribution < -0.4 is 5.32 Å². The van der Waals surface area contributed by atoms with Crippen LogP contribution in [0.4, 0.5) is 0 Å². The van der Waals surface area contributed by atoms with Gasteiger partial charge >= 0.3 is 5.97 Å². The molecule has 0 bridgehead atoms. The van der Waals surface area contributed by atoms with E-state index < -0.39 is 5.97 Å². The van der Waals surface area contributed by atoms with Crippen molar-refractivity contribution in [3.8, 4) is 0 Å². The third-order valence-corrected chi connectivity index (χ3v) is 5.19. The van der Waals surface area contributed by atoms with Crippen LogP contribution in [0.5, 0.6) is 0 Å². The van der Waals surface area contributed by atoms with E-state index in [9.17, 15) is 14.7 Å². The Morgan fingerprint density at radius 2 is 2.04 bits per heavy atom. The Balaban J connectivity index is 2.16. The van der Waals surface area contributed by atoms with E-state index in [0.717, 1.165) is 42.4 Å². The van der Waals surface area contributed by atoms with Crippen LogP contribution in [0, 0.1) is 5.92 Å². The van der Waals surface area contributed by atoms with Crippen LogP contribution in [0.1, 0.15) is 48.2 Å². The number of carboxylic acids is 1. The summed E-state index contributed by atoms with van der Waals surface area (Å²) in [7, 11) is 1.77. The summed E-state index contributed by atoms with van der Waals surface area (Å²) in [5.41, 5.74) is 2.10. The molecule has 2 aromatic rings. The molecule has 2 N–H and O–H groups in total. The molecule has 0 amide bonds. The van der Waals surface area contributed by atoms with Crippen LogP contribution in [0.25, 0.3) is 10.9 Å². The number of hydrogen-bond donors (Lipinski definition) is 2. The van der Waals surface area contributed by atoms with Crippen molar-refractivity contribution in [1.29, 1.82) is 0 Å². The number of Topliss-reactive ketones (excluding diaryl/α,β-unsaturated/α-hetero) is 1. The topological polar surface area (TPSA) is 71.3 Å². The molecule has 128 valence electrons. The zero-order valence-corrected chi connectivity index (χ0v) is 14.2. The fourth-order valence-corrected chi connectivity index (χ4v) is 3.99. The Bertz CT molecular complexity index is 772. The maximum absolute atomic E-state index is 12.8. The second kappa shape index (κ2) is 6.77. The minimum atomic E-state index is -0.945. The van der Waals surface area contributed by atoms with E-state index in [4.69, 9.17) is 0 Å². The largest absolute Gasteiger partial charge is 0.477 e. The quantitative estimate of drug-likeness (QED) is 0.885. The fraction of sp³-hybridized carbons (Fsp3) is 0.474. The number of ketones is 1. The maximum atomic E-state index is 12.8. The van der Waals surface area contributed by atoms with Gasteiger partial charge in [-0.05, 0) is 43.5 Å². The molecular formula is C19H24N2O3. The number of hydrogen-bond acceptors (Lipinski definition) is 3. The van der Waals surface area contributed by atoms with Crippen LogP contribution in [0.15, 0.2) is 24.3 Å². The van der Waals surface area contributed by atoms with E-state index >= 15 is 0 Å². The SMILES string of the molecule is CCC(=O)C(c1cccc2cc(C(=O)O)n(C)c12)C1CCNCC1. The normalized spacial score (nSPS) is 17.1. The summed E-state index contributed by atoms with van der Waals surface area (Å²) in [5.74, 6) is -0.545. The number of benzene rings is 1. The maximum Gasteiger partial charge on any atom is 0.352 e. The second-order valence-electron chi connectivity index (χ2n) is 6.56. The average molecular weight is 328 g/mol. The third-order valence-electron chi connectivity index (χ3n) is 5.19. The number of aromatic nitrogens is 1. The van der Waals surface area contributed by atoms with Gasteiger partial charge in [-0.25, -0.2) is 4.79 Å². The van der Waals surface area contributed by atoms with Gasteiger partial charge in [-0.15, -0.1) is 0 Å². The molecule has 1 aliphatic rings. The first-order valence-corrected chi connectivity index (χ1v) is 8.59. The van der Waals surface area contributed by atoms with Crippen LogP contribution in [-0.2, 0) is 11.8 Å². The van der Waals surface area contributed by atoms with E-state index in [-0.39, 0.29) is 17.4 Å². The number of nitrogens with zero attached hydrogens (tertiary/aromatic N) is 1. The van der Waals surface area contributed by atoms with Gasteiger partial charge in [0.2, 0.25) is 0 Å². The molecule has 1 saturated heterocycles. The molecule has 1 aromatic heterocycles. The summed E-state index contributed by atoms with van der Waals surface area (Å²) in [6.45, 7) is 3.77. The first kappa shape index (κ1) is 16.7. The molecule has 0 saturated carbocycles. The molecule has 24 heavy (non-hydrogen) atoms. The zero-order chi connectivity index (χ0) is 17.3. The van der Waals surface area contributed by atoms with Crippen molar-refractivity contribution in [3.05, 3.63) is 35.5 Å². The Morgan fingerprint density at radius 1 is 1.33 bits per heavy atom. The minimum absolute atomic E-state index is 0.156. The monoisotopic (exact) mass is 328 g/mol. The van der Waals surface area contributed by atoms with Gasteiger partial charge in [-0.2, -0.15) is 0 Å². The number of aromatic carboxylic acids is 1. The lowest BCUT2D eigenvalue weighted by molar-refractivity contribution is -0.121. The Labute approximate surface area is 141 Å². The van der Waals surface area contributed by atoms with Crippen molar-refractivity contribution >= 4 is 22.7 Å². The molecule has 2 heterocycles. The standard InChI is InChI=1S/C19H24N2O3/c1-3-16(22)17(12-7-9-20-10-8-12)14-6-4-5-13-11-15(19(23)24)21(2)18(13)14/h4-6,11-12,17,20H,3,7-10H2,1-2H3,(H,23,24). The first-order chi connectivity index (χ1) is 11.5. The van der Waals surface area contributed by atoms with Crippen LogP contribution >= 0.6 is 0 Å². The molecule has 1 aliphatic heterocycles. The van der Waals surface area contributed by atoms with Gasteiger partial charge in [-0.3, -0.25) is 4.79 Å². The highest BCUT2D eigenvalue weighted by Gasteiger charge is 2.32. The minimum Gasteiger partial charge on any atom is -0.477 e. The van der Waals surface area contributed by atoms with Crippen molar-refractivity contribution in [2.45, 2.75) is 32.1 Å². The van der Waals surface area contributed by atoms with Crippen molar-refractivity contribution < 1.29 is 14.7 Å². The number of carboxylic acid groups (broad SMARTS) is 1. The molecular weight excluding hydrogens is 304 g/mol. The molecule has 0 spiro atoms. The van der Waals surface area contributed by atoms with Gasteiger partial charge in [-0.1, -0.05) is 25.1 Å². The molecule has 5 nitrogen and oxygen atoms in total. The van der Waals surface area contributed by atoms with Crippen molar-refractivity contribution in [2.75, 3.05) is 13.1 Å². The van der Waals surface area contributed by atoms with Crippen LogP contribution in [0.2, 0.25) is 0 Å². The molecule has 0 radical (unpaired) electrons.